The molecular formula is C12H22N4S. The van der Waals surface area contributed by atoms with Crippen LogP contribution in [0, 0.1) is 5.92 Å². The molecular weight excluding hydrogens is 232 g/mol. The van der Waals surface area contributed by atoms with Gasteiger partial charge in [0.25, 0.3) is 0 Å². The molecule has 2 rings (SSSR count). The number of hydrogen-bond acceptors (Lipinski definition) is 4. The quantitative estimate of drug-likeness (QED) is 0.865. The second kappa shape index (κ2) is 5.21. The molecule has 0 aromatic carbocycles. The average Bonchev–Trinajstić information content (AvgIpc) is 2.86. The summed E-state index contributed by atoms with van der Waals surface area (Å²) in [4.78, 5) is 0. The Kier molecular flexibility index (Phi) is 3.86. The highest BCUT2D eigenvalue weighted by atomic mass is 32.2. The van der Waals surface area contributed by atoms with Gasteiger partial charge in [0, 0.05) is 13.6 Å². The van der Waals surface area contributed by atoms with Crippen molar-refractivity contribution < 1.29 is 0 Å². The lowest BCUT2D eigenvalue weighted by Crippen LogP contribution is -2.16. The van der Waals surface area contributed by atoms with Crippen LogP contribution in [0.4, 0.5) is 11.5 Å². The van der Waals surface area contributed by atoms with Crippen molar-refractivity contribution >= 4 is 23.3 Å². The smallest absolute Gasteiger partial charge is 0.147 e. The van der Waals surface area contributed by atoms with Gasteiger partial charge in [0.1, 0.15) is 5.82 Å². The zero-order valence-electron chi connectivity index (χ0n) is 10.9. The minimum atomic E-state index is 0.374. The second-order valence-corrected chi connectivity index (χ2v) is 6.19. The molecule has 0 saturated carbocycles. The Bertz CT molecular complexity index is 380. The third kappa shape index (κ3) is 2.70. The Morgan fingerprint density at radius 3 is 2.88 bits per heavy atom. The molecule has 1 unspecified atom stereocenters. The number of aromatic nitrogens is 2. The Balaban J connectivity index is 2.04. The third-order valence-corrected chi connectivity index (χ3v) is 4.47. The first-order chi connectivity index (χ1) is 8.09. The summed E-state index contributed by atoms with van der Waals surface area (Å²) in [5.74, 6) is 4.69. The predicted octanol–water partition coefficient (Wildman–Crippen LogP) is 2.29. The Morgan fingerprint density at radius 1 is 1.59 bits per heavy atom. The molecule has 4 nitrogen and oxygen atoms in total. The summed E-state index contributed by atoms with van der Waals surface area (Å²) in [6, 6.07) is 0. The summed E-state index contributed by atoms with van der Waals surface area (Å²) in [5.41, 5.74) is 7.95. The highest BCUT2D eigenvalue weighted by Gasteiger charge is 2.19. The molecule has 17 heavy (non-hydrogen) atoms. The van der Waals surface area contributed by atoms with E-state index in [0.717, 1.165) is 29.7 Å². The van der Waals surface area contributed by atoms with Crippen LogP contribution in [0.25, 0.3) is 0 Å². The number of nitrogens with zero attached hydrogens (tertiary/aromatic N) is 2. The molecule has 3 N–H and O–H groups in total. The van der Waals surface area contributed by atoms with E-state index in [4.69, 9.17) is 5.73 Å². The number of nitrogen functional groups attached to an aromatic ring is 1. The molecule has 1 aromatic rings. The molecule has 1 aromatic heterocycles. The molecule has 0 radical (unpaired) electrons. The highest BCUT2D eigenvalue weighted by Crippen LogP contribution is 2.29. The zero-order chi connectivity index (χ0) is 12.4. The van der Waals surface area contributed by atoms with E-state index in [0.29, 0.717) is 5.92 Å². The van der Waals surface area contributed by atoms with Crippen molar-refractivity contribution in [2.24, 2.45) is 13.0 Å². The first-order valence-corrected chi connectivity index (χ1v) is 7.39. The molecule has 5 heteroatoms. The summed E-state index contributed by atoms with van der Waals surface area (Å²) < 4.78 is 1.87. The van der Waals surface area contributed by atoms with Crippen molar-refractivity contribution in [1.29, 1.82) is 0 Å². The number of rotatable bonds is 4. The fourth-order valence-corrected chi connectivity index (χ4v) is 3.47. The lowest BCUT2D eigenvalue weighted by molar-refractivity contribution is 0.624. The van der Waals surface area contributed by atoms with E-state index >= 15 is 0 Å². The Labute approximate surface area is 107 Å². The van der Waals surface area contributed by atoms with Crippen LogP contribution in [-0.4, -0.2) is 27.8 Å². The molecule has 0 aliphatic carbocycles. The van der Waals surface area contributed by atoms with E-state index in [1.807, 2.05) is 23.5 Å². The minimum absolute atomic E-state index is 0.374. The van der Waals surface area contributed by atoms with Gasteiger partial charge in [-0.2, -0.15) is 16.9 Å². The van der Waals surface area contributed by atoms with Gasteiger partial charge in [-0.3, -0.25) is 4.68 Å². The normalized spacial score (nSPS) is 20.1. The Hall–Kier alpha value is -0.840. The standard InChI is InChI=1S/C12H22N4S/c1-8(2)11-10(13)12(16(3)15-11)14-6-9-4-5-17-7-9/h8-9,14H,4-7,13H2,1-3H3. The van der Waals surface area contributed by atoms with Gasteiger partial charge in [-0.15, -0.1) is 0 Å². The summed E-state index contributed by atoms with van der Waals surface area (Å²) in [6.07, 6.45) is 1.31. The number of nitrogens with one attached hydrogen (secondary N) is 1. The molecule has 0 spiro atoms. The summed E-state index contributed by atoms with van der Waals surface area (Å²) in [5, 5.41) is 7.94. The van der Waals surface area contributed by atoms with Crippen LogP contribution in [0.3, 0.4) is 0 Å². The molecule has 1 atom stereocenters. The molecule has 1 aliphatic rings. The first-order valence-electron chi connectivity index (χ1n) is 6.23. The topological polar surface area (TPSA) is 55.9 Å². The maximum atomic E-state index is 6.14. The maximum Gasteiger partial charge on any atom is 0.147 e. The molecule has 1 aliphatic heterocycles. The molecule has 96 valence electrons. The van der Waals surface area contributed by atoms with Gasteiger partial charge in [-0.25, -0.2) is 0 Å². The van der Waals surface area contributed by atoms with Crippen molar-refractivity contribution in [3.05, 3.63) is 5.69 Å². The molecule has 2 heterocycles. The fourth-order valence-electron chi connectivity index (χ4n) is 2.18. The van der Waals surface area contributed by atoms with Gasteiger partial charge < -0.3 is 11.1 Å². The van der Waals surface area contributed by atoms with Gasteiger partial charge >= 0.3 is 0 Å². The van der Waals surface area contributed by atoms with Gasteiger partial charge in [0.05, 0.1) is 11.4 Å². The second-order valence-electron chi connectivity index (χ2n) is 5.04. The van der Waals surface area contributed by atoms with E-state index in [1.165, 1.54) is 17.9 Å². The number of nitrogens with two attached hydrogens (primary N) is 1. The SMILES string of the molecule is CC(C)c1nn(C)c(NCC2CCSC2)c1N. The molecule has 0 amide bonds. The van der Waals surface area contributed by atoms with Crippen LogP contribution in [0.1, 0.15) is 31.9 Å². The number of aryl methyl sites for hydroxylation is 1. The van der Waals surface area contributed by atoms with Crippen molar-refractivity contribution in [3.63, 3.8) is 0 Å². The van der Waals surface area contributed by atoms with Gasteiger partial charge in [0.15, 0.2) is 0 Å². The van der Waals surface area contributed by atoms with E-state index in [1.54, 1.807) is 0 Å². The summed E-state index contributed by atoms with van der Waals surface area (Å²) in [7, 11) is 1.95. The van der Waals surface area contributed by atoms with Crippen LogP contribution in [-0.2, 0) is 7.05 Å². The number of anilines is 2. The molecule has 0 bridgehead atoms. The summed E-state index contributed by atoms with van der Waals surface area (Å²) >= 11 is 2.04. The lowest BCUT2D eigenvalue weighted by Gasteiger charge is -2.12. The fraction of sp³-hybridized carbons (Fsp3) is 0.750. The molecule has 1 fully saturated rings. The first kappa shape index (κ1) is 12.6. The van der Waals surface area contributed by atoms with Crippen LogP contribution >= 0.6 is 11.8 Å². The third-order valence-electron chi connectivity index (χ3n) is 3.24. The van der Waals surface area contributed by atoms with Crippen molar-refractivity contribution in [1.82, 2.24) is 9.78 Å². The average molecular weight is 254 g/mol. The van der Waals surface area contributed by atoms with Crippen LogP contribution in [0.2, 0.25) is 0 Å². The highest BCUT2D eigenvalue weighted by molar-refractivity contribution is 7.99. The van der Waals surface area contributed by atoms with Gasteiger partial charge in [-0.1, -0.05) is 13.8 Å². The zero-order valence-corrected chi connectivity index (χ0v) is 11.7. The van der Waals surface area contributed by atoms with Crippen molar-refractivity contribution in [3.8, 4) is 0 Å². The largest absolute Gasteiger partial charge is 0.394 e. The summed E-state index contributed by atoms with van der Waals surface area (Å²) in [6.45, 7) is 5.25. The van der Waals surface area contributed by atoms with Crippen LogP contribution in [0.15, 0.2) is 0 Å². The monoisotopic (exact) mass is 254 g/mol. The maximum absolute atomic E-state index is 6.14. The van der Waals surface area contributed by atoms with E-state index in [2.05, 4.69) is 24.3 Å². The number of hydrogen-bond donors (Lipinski definition) is 2. The van der Waals surface area contributed by atoms with Crippen molar-refractivity contribution in [2.75, 3.05) is 29.1 Å². The minimum Gasteiger partial charge on any atom is -0.394 e. The van der Waals surface area contributed by atoms with Crippen LogP contribution in [0.5, 0.6) is 0 Å². The van der Waals surface area contributed by atoms with E-state index in [-0.39, 0.29) is 0 Å². The number of thioether (sulfide) groups is 1. The molecule has 1 saturated heterocycles. The van der Waals surface area contributed by atoms with Gasteiger partial charge in [-0.05, 0) is 29.8 Å². The lowest BCUT2D eigenvalue weighted by atomic mass is 10.1. The van der Waals surface area contributed by atoms with Gasteiger partial charge in [0.2, 0.25) is 0 Å². The van der Waals surface area contributed by atoms with E-state index in [9.17, 15) is 0 Å². The van der Waals surface area contributed by atoms with Crippen molar-refractivity contribution in [2.45, 2.75) is 26.2 Å². The van der Waals surface area contributed by atoms with E-state index < -0.39 is 0 Å². The Morgan fingerprint density at radius 2 is 2.35 bits per heavy atom. The predicted molar refractivity (Wildman–Crippen MR) is 75.6 cm³/mol. The van der Waals surface area contributed by atoms with Crippen LogP contribution < -0.4 is 11.1 Å².